The Morgan fingerprint density at radius 1 is 1.27 bits per heavy atom. The summed E-state index contributed by atoms with van der Waals surface area (Å²) >= 11 is 0. The molecule has 3 rings (SSSR count). The summed E-state index contributed by atoms with van der Waals surface area (Å²) in [5, 5.41) is 13.7. The Kier molecular flexibility index (Phi) is 5.83. The Morgan fingerprint density at radius 3 is 2.70 bits per heavy atom. The van der Waals surface area contributed by atoms with Crippen LogP contribution < -0.4 is 10.3 Å². The molecule has 1 heterocycles. The molecule has 0 aliphatic carbocycles. The van der Waals surface area contributed by atoms with Crippen LogP contribution in [0.1, 0.15) is 11.1 Å². The van der Waals surface area contributed by atoms with Gasteiger partial charge in [0.05, 0.1) is 5.56 Å². The number of carbonyl (C=O) groups excluding carboxylic acids is 1. The lowest BCUT2D eigenvalue weighted by atomic mass is 9.96. The average Bonchev–Trinajstić information content (AvgIpc) is 2.72. The molecule has 0 bridgehead atoms. The van der Waals surface area contributed by atoms with Gasteiger partial charge in [-0.3, -0.25) is 9.59 Å². The molecule has 8 heteroatoms. The molecule has 0 saturated carbocycles. The van der Waals surface area contributed by atoms with Crippen molar-refractivity contribution < 1.29 is 18.3 Å². The number of nitrogens with zero attached hydrogens (tertiary/aromatic N) is 3. The fourth-order valence-corrected chi connectivity index (χ4v) is 2.82. The van der Waals surface area contributed by atoms with Crippen molar-refractivity contribution in [2.24, 2.45) is 7.05 Å². The predicted molar refractivity (Wildman–Crippen MR) is 105 cm³/mol. The topological polar surface area (TPSA) is 85.0 Å². The first-order valence-electron chi connectivity index (χ1n) is 8.73. The highest BCUT2D eigenvalue weighted by Gasteiger charge is 2.21. The van der Waals surface area contributed by atoms with E-state index >= 15 is 0 Å². The molecule has 150 valence electrons. The van der Waals surface area contributed by atoms with Gasteiger partial charge < -0.3 is 4.74 Å². The quantitative estimate of drug-likeness (QED) is 0.582. The van der Waals surface area contributed by atoms with E-state index < -0.39 is 17.2 Å². The van der Waals surface area contributed by atoms with E-state index in [1.807, 2.05) is 6.07 Å². The molecule has 3 aromatic rings. The van der Waals surface area contributed by atoms with E-state index in [0.29, 0.717) is 11.6 Å². The van der Waals surface area contributed by atoms with Crippen LogP contribution in [0.3, 0.4) is 0 Å². The van der Waals surface area contributed by atoms with Gasteiger partial charge in [0.15, 0.2) is 17.3 Å². The van der Waals surface area contributed by atoms with Crippen molar-refractivity contribution in [3.05, 3.63) is 88.2 Å². The minimum atomic E-state index is -0.928. The van der Waals surface area contributed by atoms with Crippen LogP contribution in [0.15, 0.2) is 59.9 Å². The van der Waals surface area contributed by atoms with Gasteiger partial charge in [-0.1, -0.05) is 18.7 Å². The maximum Gasteiger partial charge on any atom is 0.267 e. The zero-order valence-corrected chi connectivity index (χ0v) is 15.9. The lowest BCUT2D eigenvalue weighted by molar-refractivity contribution is -0.114. The number of nitriles is 1. The summed E-state index contributed by atoms with van der Waals surface area (Å²) in [5.74, 6) is -2.17. The van der Waals surface area contributed by atoms with Crippen LogP contribution in [0.5, 0.6) is 11.5 Å². The van der Waals surface area contributed by atoms with E-state index in [1.54, 1.807) is 12.1 Å². The number of ether oxygens (including phenoxy) is 1. The third kappa shape index (κ3) is 4.15. The van der Waals surface area contributed by atoms with Crippen molar-refractivity contribution in [1.82, 2.24) is 9.78 Å². The standard InChI is InChI=1S/C22H15F2N3O3/c1-3-16(28)9-13-5-4-6-19(30-18-8-7-15(23)11-17(18)24)21(13)22-14(12-25)10-20(29)27(2)26-22/h3-8,10-11H,1,9H2,2H3. The molecule has 1 aromatic heterocycles. The second-order valence-corrected chi connectivity index (χ2v) is 6.29. The van der Waals surface area contributed by atoms with Gasteiger partial charge in [-0.15, -0.1) is 0 Å². The number of rotatable bonds is 6. The van der Waals surface area contributed by atoms with Gasteiger partial charge in [0.25, 0.3) is 5.56 Å². The summed E-state index contributed by atoms with van der Waals surface area (Å²) < 4.78 is 34.1. The van der Waals surface area contributed by atoms with Gasteiger partial charge in [0.1, 0.15) is 23.3 Å². The Hall–Kier alpha value is -4.12. The molecule has 30 heavy (non-hydrogen) atoms. The molecular formula is C22H15F2N3O3. The number of hydrogen-bond acceptors (Lipinski definition) is 5. The third-order valence-corrected chi connectivity index (χ3v) is 4.27. The maximum atomic E-state index is 14.2. The molecule has 6 nitrogen and oxygen atoms in total. The van der Waals surface area contributed by atoms with E-state index in [-0.39, 0.29) is 40.5 Å². The number of allylic oxidation sites excluding steroid dienone is 1. The molecule has 0 fully saturated rings. The van der Waals surface area contributed by atoms with E-state index in [2.05, 4.69) is 11.7 Å². The fourth-order valence-electron chi connectivity index (χ4n) is 2.82. The number of aromatic nitrogens is 2. The molecule has 0 aliphatic heterocycles. The Labute approximate surface area is 170 Å². The zero-order valence-electron chi connectivity index (χ0n) is 15.9. The van der Waals surface area contributed by atoms with Crippen molar-refractivity contribution in [2.75, 3.05) is 0 Å². The van der Waals surface area contributed by atoms with Gasteiger partial charge in [0, 0.05) is 31.2 Å². The van der Waals surface area contributed by atoms with Crippen molar-refractivity contribution >= 4 is 5.78 Å². The van der Waals surface area contributed by atoms with Crippen LogP contribution in [0.4, 0.5) is 8.78 Å². The van der Waals surface area contributed by atoms with Gasteiger partial charge >= 0.3 is 0 Å². The van der Waals surface area contributed by atoms with E-state index in [9.17, 15) is 23.6 Å². The summed E-state index contributed by atoms with van der Waals surface area (Å²) in [7, 11) is 1.41. The highest BCUT2D eigenvalue weighted by molar-refractivity contribution is 5.93. The van der Waals surface area contributed by atoms with E-state index in [4.69, 9.17) is 4.74 Å². The molecule has 0 saturated heterocycles. The summed E-state index contributed by atoms with van der Waals surface area (Å²) in [6.07, 6.45) is 1.06. The number of carbonyl (C=O) groups is 1. The molecule has 0 N–H and O–H groups in total. The molecular weight excluding hydrogens is 392 g/mol. The summed E-state index contributed by atoms with van der Waals surface area (Å²) in [6.45, 7) is 3.45. The minimum Gasteiger partial charge on any atom is -0.454 e. The van der Waals surface area contributed by atoms with Crippen molar-refractivity contribution in [3.63, 3.8) is 0 Å². The summed E-state index contributed by atoms with van der Waals surface area (Å²) in [5.41, 5.74) is 0.221. The highest BCUT2D eigenvalue weighted by atomic mass is 19.1. The SMILES string of the molecule is C=CC(=O)Cc1cccc(Oc2ccc(F)cc2F)c1-c1nn(C)c(=O)cc1C#N. The second kappa shape index (κ2) is 8.49. The zero-order chi connectivity index (χ0) is 21.8. The predicted octanol–water partition coefficient (Wildman–Crippen LogP) is 3.69. The molecule has 0 aliphatic rings. The van der Waals surface area contributed by atoms with Gasteiger partial charge in [0.2, 0.25) is 0 Å². The first-order chi connectivity index (χ1) is 14.3. The van der Waals surface area contributed by atoms with E-state index in [0.717, 1.165) is 29.0 Å². The van der Waals surface area contributed by atoms with Crippen LogP contribution >= 0.6 is 0 Å². The fraction of sp³-hybridized carbons (Fsp3) is 0.0909. The molecule has 0 radical (unpaired) electrons. The van der Waals surface area contributed by atoms with Gasteiger partial charge in [-0.05, 0) is 29.8 Å². The van der Waals surface area contributed by atoms with Gasteiger partial charge in [-0.25, -0.2) is 13.5 Å². The van der Waals surface area contributed by atoms with Crippen LogP contribution in [-0.4, -0.2) is 15.6 Å². The highest BCUT2D eigenvalue weighted by Crippen LogP contribution is 2.37. The minimum absolute atomic E-state index is 0.0407. The second-order valence-electron chi connectivity index (χ2n) is 6.29. The molecule has 2 aromatic carbocycles. The summed E-state index contributed by atoms with van der Waals surface area (Å²) in [4.78, 5) is 23.9. The van der Waals surface area contributed by atoms with E-state index in [1.165, 1.54) is 13.1 Å². The molecule has 0 spiro atoms. The number of hydrogen-bond donors (Lipinski definition) is 0. The average molecular weight is 407 g/mol. The van der Waals surface area contributed by atoms with Crippen molar-refractivity contribution in [3.8, 4) is 28.8 Å². The van der Waals surface area contributed by atoms with Crippen LogP contribution in [-0.2, 0) is 18.3 Å². The number of ketones is 1. The number of halogens is 2. The molecule has 0 atom stereocenters. The largest absolute Gasteiger partial charge is 0.454 e. The lowest BCUT2D eigenvalue weighted by Crippen LogP contribution is -2.20. The first-order valence-corrected chi connectivity index (χ1v) is 8.73. The van der Waals surface area contributed by atoms with Gasteiger partial charge in [-0.2, -0.15) is 10.4 Å². The maximum absolute atomic E-state index is 14.2. The Morgan fingerprint density at radius 2 is 2.03 bits per heavy atom. The van der Waals surface area contributed by atoms with Crippen LogP contribution in [0.25, 0.3) is 11.3 Å². The van der Waals surface area contributed by atoms with Crippen LogP contribution in [0, 0.1) is 23.0 Å². The summed E-state index contributed by atoms with van der Waals surface area (Å²) in [6, 6.07) is 10.5. The normalized spacial score (nSPS) is 10.3. The lowest BCUT2D eigenvalue weighted by Gasteiger charge is -2.16. The smallest absolute Gasteiger partial charge is 0.267 e. The first kappa shape index (κ1) is 20.6. The molecule has 0 unspecified atom stereocenters. The molecule has 0 amide bonds. The number of aryl methyl sites for hydroxylation is 1. The van der Waals surface area contributed by atoms with Crippen molar-refractivity contribution in [1.29, 1.82) is 5.26 Å². The Balaban J connectivity index is 2.27. The third-order valence-electron chi connectivity index (χ3n) is 4.27. The number of benzene rings is 2. The van der Waals surface area contributed by atoms with Crippen LogP contribution in [0.2, 0.25) is 0 Å². The van der Waals surface area contributed by atoms with Crippen molar-refractivity contribution in [2.45, 2.75) is 6.42 Å². The monoisotopic (exact) mass is 407 g/mol. The Bertz CT molecular complexity index is 1260.